The van der Waals surface area contributed by atoms with Crippen molar-refractivity contribution in [1.82, 2.24) is 10.3 Å². The molecule has 1 aromatic heterocycles. The van der Waals surface area contributed by atoms with Crippen molar-refractivity contribution in [3.63, 3.8) is 0 Å². The van der Waals surface area contributed by atoms with Gasteiger partial charge in [-0.05, 0) is 33.0 Å². The van der Waals surface area contributed by atoms with E-state index >= 15 is 0 Å². The quantitative estimate of drug-likeness (QED) is 0.446. The van der Waals surface area contributed by atoms with Crippen LogP contribution in [0.3, 0.4) is 0 Å². The fourth-order valence-corrected chi connectivity index (χ4v) is 1.65. The monoisotopic (exact) mass is 225 g/mol. The molecule has 16 heavy (non-hydrogen) atoms. The number of furan rings is 1. The smallest absolute Gasteiger partial charge is 0.268 e. The van der Waals surface area contributed by atoms with Crippen LogP contribution in [-0.4, -0.2) is 24.4 Å². The highest BCUT2D eigenvalue weighted by molar-refractivity contribution is 5.94. The summed E-state index contributed by atoms with van der Waals surface area (Å²) in [4.78, 5) is 13.5. The molecule has 0 spiro atoms. The summed E-state index contributed by atoms with van der Waals surface area (Å²) in [7, 11) is 2.02. The lowest BCUT2D eigenvalue weighted by molar-refractivity contribution is 0.0952. The van der Waals surface area contributed by atoms with Gasteiger partial charge in [-0.1, -0.05) is 6.92 Å². The first-order chi connectivity index (χ1) is 7.58. The first-order valence-corrected chi connectivity index (χ1v) is 5.37. The number of hydrogen-bond acceptors (Lipinski definition) is 4. The highest BCUT2D eigenvalue weighted by Gasteiger charge is 2.14. The molecule has 1 rings (SSSR count). The van der Waals surface area contributed by atoms with E-state index in [1.807, 2.05) is 7.05 Å². The van der Waals surface area contributed by atoms with Crippen LogP contribution in [0.1, 0.15) is 35.2 Å². The molecular weight excluding hydrogens is 206 g/mol. The maximum absolute atomic E-state index is 11.3. The number of carbonyl (C=O) groups is 1. The topological polar surface area (TPSA) is 71.5 Å². The Morgan fingerprint density at radius 2 is 2.31 bits per heavy atom. The van der Waals surface area contributed by atoms with Crippen molar-refractivity contribution >= 4 is 5.91 Å². The van der Waals surface area contributed by atoms with Crippen molar-refractivity contribution in [3.8, 4) is 0 Å². The van der Waals surface area contributed by atoms with E-state index in [1.165, 1.54) is 0 Å². The summed E-state index contributed by atoms with van der Waals surface area (Å²) in [6.07, 6.45) is 1.09. The molecule has 1 amide bonds. The minimum absolute atomic E-state index is 0.314. The van der Waals surface area contributed by atoms with Crippen molar-refractivity contribution in [2.24, 2.45) is 5.84 Å². The third-order valence-corrected chi connectivity index (χ3v) is 2.38. The van der Waals surface area contributed by atoms with Gasteiger partial charge in [0.2, 0.25) is 0 Å². The van der Waals surface area contributed by atoms with Crippen LogP contribution in [0.5, 0.6) is 0 Å². The Morgan fingerprint density at radius 1 is 1.62 bits per heavy atom. The largest absolute Gasteiger partial charge is 0.464 e. The number of hydrogen-bond donors (Lipinski definition) is 2. The maximum Gasteiger partial charge on any atom is 0.268 e. The summed E-state index contributed by atoms with van der Waals surface area (Å²) in [6.45, 7) is 5.58. The highest BCUT2D eigenvalue weighted by Crippen LogP contribution is 2.15. The van der Waals surface area contributed by atoms with Gasteiger partial charge in [-0.25, -0.2) is 5.84 Å². The summed E-state index contributed by atoms with van der Waals surface area (Å²) in [5.41, 5.74) is 2.60. The highest BCUT2D eigenvalue weighted by atomic mass is 16.3. The van der Waals surface area contributed by atoms with E-state index in [4.69, 9.17) is 10.3 Å². The number of carbonyl (C=O) groups excluding carboxylic acids is 1. The Morgan fingerprint density at radius 3 is 2.88 bits per heavy atom. The van der Waals surface area contributed by atoms with Gasteiger partial charge >= 0.3 is 0 Å². The van der Waals surface area contributed by atoms with E-state index in [0.29, 0.717) is 17.9 Å². The Hall–Kier alpha value is -1.33. The van der Waals surface area contributed by atoms with Crippen LogP contribution in [-0.2, 0) is 6.54 Å². The normalized spacial score (nSPS) is 10.8. The first kappa shape index (κ1) is 12.7. The van der Waals surface area contributed by atoms with Crippen molar-refractivity contribution in [3.05, 3.63) is 23.2 Å². The fraction of sp³-hybridized carbons (Fsp3) is 0.545. The minimum atomic E-state index is -0.314. The van der Waals surface area contributed by atoms with Crippen molar-refractivity contribution in [2.75, 3.05) is 13.6 Å². The average Bonchev–Trinajstić information content (AvgIpc) is 2.58. The molecule has 0 saturated carbocycles. The third kappa shape index (κ3) is 3.08. The van der Waals surface area contributed by atoms with Crippen LogP contribution in [0.4, 0.5) is 0 Å². The number of nitrogens with zero attached hydrogens (tertiary/aromatic N) is 1. The minimum Gasteiger partial charge on any atom is -0.464 e. The zero-order valence-electron chi connectivity index (χ0n) is 10.0. The Labute approximate surface area is 95.6 Å². The van der Waals surface area contributed by atoms with E-state index in [-0.39, 0.29) is 5.91 Å². The lowest BCUT2D eigenvalue weighted by Crippen LogP contribution is -2.30. The van der Waals surface area contributed by atoms with E-state index in [2.05, 4.69) is 17.2 Å². The first-order valence-electron chi connectivity index (χ1n) is 5.37. The predicted molar refractivity (Wildman–Crippen MR) is 61.7 cm³/mol. The molecular formula is C11H19N3O2. The van der Waals surface area contributed by atoms with E-state index in [0.717, 1.165) is 18.7 Å². The van der Waals surface area contributed by atoms with Crippen LogP contribution >= 0.6 is 0 Å². The van der Waals surface area contributed by atoms with Crippen molar-refractivity contribution in [2.45, 2.75) is 26.8 Å². The number of rotatable bonds is 5. The second kappa shape index (κ2) is 5.67. The summed E-state index contributed by atoms with van der Waals surface area (Å²) in [5, 5.41) is 0. The molecule has 5 heteroatoms. The molecule has 1 heterocycles. The maximum atomic E-state index is 11.3. The second-order valence-corrected chi connectivity index (χ2v) is 3.89. The van der Waals surface area contributed by atoms with Gasteiger partial charge in [0, 0.05) is 0 Å². The van der Waals surface area contributed by atoms with Gasteiger partial charge in [-0.2, -0.15) is 0 Å². The molecule has 0 fully saturated rings. The van der Waals surface area contributed by atoms with E-state index < -0.39 is 0 Å². The molecule has 0 aliphatic rings. The van der Waals surface area contributed by atoms with Crippen molar-refractivity contribution < 1.29 is 9.21 Å². The summed E-state index contributed by atoms with van der Waals surface area (Å²) < 4.78 is 5.50. The zero-order valence-corrected chi connectivity index (χ0v) is 10.0. The van der Waals surface area contributed by atoms with Crippen LogP contribution in [0.2, 0.25) is 0 Å². The van der Waals surface area contributed by atoms with Crippen LogP contribution < -0.4 is 11.3 Å². The Balaban J connectivity index is 2.73. The number of nitrogen functional groups attached to an aromatic ring is 1. The molecule has 0 radical (unpaired) electrons. The molecule has 0 atom stereocenters. The van der Waals surface area contributed by atoms with Crippen molar-refractivity contribution in [1.29, 1.82) is 0 Å². The number of aryl methyl sites for hydroxylation is 1. The molecule has 0 bridgehead atoms. The summed E-state index contributed by atoms with van der Waals surface area (Å²) in [5.74, 6) is 6.15. The van der Waals surface area contributed by atoms with Crippen LogP contribution in [0.15, 0.2) is 10.5 Å². The molecule has 0 unspecified atom stereocenters. The van der Waals surface area contributed by atoms with E-state index in [1.54, 1.807) is 13.0 Å². The molecule has 5 nitrogen and oxygen atoms in total. The average molecular weight is 225 g/mol. The van der Waals surface area contributed by atoms with Gasteiger partial charge in [-0.3, -0.25) is 15.1 Å². The summed E-state index contributed by atoms with van der Waals surface area (Å²) in [6, 6.07) is 1.74. The van der Waals surface area contributed by atoms with Crippen LogP contribution in [0, 0.1) is 6.92 Å². The van der Waals surface area contributed by atoms with Gasteiger partial charge in [0.05, 0.1) is 12.1 Å². The predicted octanol–water partition coefficient (Wildman–Crippen LogP) is 1.03. The van der Waals surface area contributed by atoms with Gasteiger partial charge in [0.15, 0.2) is 0 Å². The standard InChI is InChI=1S/C11H19N3O2/c1-4-5-14(3)7-9-6-10(8(2)16-9)11(15)13-12/h6H,4-5,7,12H2,1-3H3,(H,13,15). The second-order valence-electron chi connectivity index (χ2n) is 3.89. The molecule has 0 aromatic carbocycles. The fourth-order valence-electron chi connectivity index (χ4n) is 1.65. The molecule has 90 valence electrons. The molecule has 0 saturated heterocycles. The Bertz CT molecular complexity index is 360. The number of nitrogens with two attached hydrogens (primary N) is 1. The molecule has 3 N–H and O–H groups in total. The van der Waals surface area contributed by atoms with Gasteiger partial charge in [-0.15, -0.1) is 0 Å². The SMILES string of the molecule is CCCN(C)Cc1cc(C(=O)NN)c(C)o1. The number of amides is 1. The number of nitrogens with one attached hydrogen (secondary N) is 1. The lowest BCUT2D eigenvalue weighted by atomic mass is 10.2. The molecule has 0 aliphatic carbocycles. The molecule has 0 aliphatic heterocycles. The Kier molecular flexibility index (Phi) is 4.52. The molecule has 1 aromatic rings. The zero-order chi connectivity index (χ0) is 12.1. The van der Waals surface area contributed by atoms with Gasteiger partial charge in [0.25, 0.3) is 5.91 Å². The van der Waals surface area contributed by atoms with E-state index in [9.17, 15) is 4.79 Å². The number of hydrazine groups is 1. The van der Waals surface area contributed by atoms with Gasteiger partial charge in [0.1, 0.15) is 11.5 Å². The third-order valence-electron chi connectivity index (χ3n) is 2.38. The lowest BCUT2D eigenvalue weighted by Gasteiger charge is -2.12. The summed E-state index contributed by atoms with van der Waals surface area (Å²) >= 11 is 0. The van der Waals surface area contributed by atoms with Crippen LogP contribution in [0.25, 0.3) is 0 Å². The van der Waals surface area contributed by atoms with Gasteiger partial charge < -0.3 is 4.42 Å².